The Hall–Kier alpha value is -3.23. The van der Waals surface area contributed by atoms with Crippen molar-refractivity contribution >= 4 is 5.65 Å². The van der Waals surface area contributed by atoms with Gasteiger partial charge in [-0.25, -0.2) is 0 Å². The van der Waals surface area contributed by atoms with E-state index in [2.05, 4.69) is 16.8 Å². The molecular weight excluding hydrogens is 393 g/mol. The molecule has 9 heteroatoms. The number of aromatic nitrogens is 3. The lowest BCUT2D eigenvalue weighted by molar-refractivity contribution is -0.145. The van der Waals surface area contributed by atoms with Crippen LogP contribution in [0.3, 0.4) is 0 Å². The number of ether oxygens (including phenoxy) is 1. The fourth-order valence-electron chi connectivity index (χ4n) is 2.79. The topological polar surface area (TPSA) is 39.4 Å². The van der Waals surface area contributed by atoms with Gasteiger partial charge in [0.1, 0.15) is 5.75 Å². The zero-order valence-electron chi connectivity index (χ0n) is 15.5. The van der Waals surface area contributed by atoms with Gasteiger partial charge in [0, 0.05) is 6.20 Å². The highest BCUT2D eigenvalue weighted by Crippen LogP contribution is 2.33. The Kier molecular flexibility index (Phi) is 5.16. The van der Waals surface area contributed by atoms with Crippen molar-refractivity contribution in [3.8, 4) is 16.9 Å². The number of nitrogens with zero attached hydrogens (tertiary/aromatic N) is 3. The molecule has 3 aromatic rings. The van der Waals surface area contributed by atoms with Gasteiger partial charge < -0.3 is 4.74 Å². The molecule has 0 aliphatic rings. The van der Waals surface area contributed by atoms with Crippen LogP contribution in [0.4, 0.5) is 22.0 Å². The molecule has 0 aliphatic carbocycles. The summed E-state index contributed by atoms with van der Waals surface area (Å²) >= 11 is 0. The van der Waals surface area contributed by atoms with E-state index in [9.17, 15) is 22.0 Å². The van der Waals surface area contributed by atoms with E-state index in [0.717, 1.165) is 10.5 Å². The molecule has 0 saturated carbocycles. The van der Waals surface area contributed by atoms with Gasteiger partial charge in [0.05, 0.1) is 5.57 Å². The van der Waals surface area contributed by atoms with Crippen molar-refractivity contribution in [3.63, 3.8) is 0 Å². The third kappa shape index (κ3) is 4.13. The summed E-state index contributed by atoms with van der Waals surface area (Å²) in [6.45, 7) is 6.42. The Morgan fingerprint density at radius 2 is 1.59 bits per heavy atom. The van der Waals surface area contributed by atoms with Gasteiger partial charge in [0.25, 0.3) is 0 Å². The smallest absolute Gasteiger partial charge is 0.429 e. The molecule has 0 saturated heterocycles. The van der Waals surface area contributed by atoms with Crippen molar-refractivity contribution in [1.29, 1.82) is 0 Å². The van der Waals surface area contributed by atoms with Crippen molar-refractivity contribution in [1.82, 2.24) is 14.6 Å². The van der Waals surface area contributed by atoms with E-state index in [0.29, 0.717) is 16.7 Å². The van der Waals surface area contributed by atoms with E-state index in [1.54, 1.807) is 6.07 Å². The maximum atomic E-state index is 14.3. The minimum atomic E-state index is -4.66. The van der Waals surface area contributed by atoms with Crippen LogP contribution >= 0.6 is 0 Å². The first kappa shape index (κ1) is 20.5. The minimum absolute atomic E-state index is 0.0411. The van der Waals surface area contributed by atoms with Crippen molar-refractivity contribution in [3.05, 3.63) is 72.2 Å². The monoisotopic (exact) mass is 409 g/mol. The van der Waals surface area contributed by atoms with Crippen LogP contribution in [0.1, 0.15) is 19.7 Å². The van der Waals surface area contributed by atoms with Gasteiger partial charge in [-0.3, -0.25) is 4.40 Å². The molecule has 2 aromatic heterocycles. The van der Waals surface area contributed by atoms with E-state index in [-0.39, 0.29) is 17.0 Å². The number of halogens is 5. The van der Waals surface area contributed by atoms with Crippen LogP contribution in [0.25, 0.3) is 16.8 Å². The number of hydrogen-bond acceptors (Lipinski definition) is 3. The van der Waals surface area contributed by atoms with Gasteiger partial charge in [-0.1, -0.05) is 30.4 Å². The number of hydrogen-bond donors (Lipinski definition) is 0. The highest BCUT2D eigenvalue weighted by atomic mass is 19.4. The number of rotatable bonds is 5. The van der Waals surface area contributed by atoms with Crippen LogP contribution in [-0.4, -0.2) is 20.7 Å². The molecule has 0 spiro atoms. The normalized spacial score (nSPS) is 12.1. The van der Waals surface area contributed by atoms with Crippen LogP contribution in [-0.2, 0) is 6.18 Å². The molecule has 0 bridgehead atoms. The number of alkyl halides is 5. The Morgan fingerprint density at radius 1 is 0.966 bits per heavy atom. The average Bonchev–Trinajstić information content (AvgIpc) is 3.05. The molecule has 0 unspecified atom stereocenters. The van der Waals surface area contributed by atoms with Gasteiger partial charge in [-0.15, -0.1) is 10.2 Å². The highest BCUT2D eigenvalue weighted by molar-refractivity contribution is 5.65. The van der Waals surface area contributed by atoms with Crippen molar-refractivity contribution in [2.75, 3.05) is 0 Å². The zero-order chi connectivity index (χ0) is 21.4. The first-order valence-electron chi connectivity index (χ1n) is 8.42. The Morgan fingerprint density at radius 3 is 2.14 bits per heavy atom. The molecule has 0 radical (unpaired) electrons. The second-order valence-corrected chi connectivity index (χ2v) is 6.43. The maximum Gasteiger partial charge on any atom is 0.452 e. The molecule has 2 heterocycles. The molecule has 0 amide bonds. The van der Waals surface area contributed by atoms with Crippen LogP contribution in [0, 0.1) is 0 Å². The summed E-state index contributed by atoms with van der Waals surface area (Å²) in [5.41, 5.74) is 1.01. The molecule has 0 aliphatic heterocycles. The van der Waals surface area contributed by atoms with Gasteiger partial charge >= 0.3 is 12.3 Å². The number of pyridine rings is 1. The van der Waals surface area contributed by atoms with Crippen LogP contribution in [0.2, 0.25) is 0 Å². The molecular formula is C20H16F5N3O. The predicted molar refractivity (Wildman–Crippen MR) is 97.6 cm³/mol. The predicted octanol–water partition coefficient (Wildman–Crippen LogP) is 5.91. The lowest BCUT2D eigenvalue weighted by Gasteiger charge is -2.20. The number of allylic oxidation sites excluding steroid dienone is 1. The fourth-order valence-corrected chi connectivity index (χ4v) is 2.79. The van der Waals surface area contributed by atoms with Crippen molar-refractivity contribution in [2.24, 2.45) is 0 Å². The minimum Gasteiger partial charge on any atom is -0.429 e. The van der Waals surface area contributed by atoms with E-state index in [1.807, 2.05) is 0 Å². The largest absolute Gasteiger partial charge is 0.452 e. The molecule has 0 N–H and O–H groups in total. The first-order chi connectivity index (χ1) is 13.5. The van der Waals surface area contributed by atoms with Crippen LogP contribution < -0.4 is 4.74 Å². The fraction of sp³-hybridized carbons (Fsp3) is 0.200. The first-order valence-corrected chi connectivity index (χ1v) is 8.42. The van der Waals surface area contributed by atoms with Crippen molar-refractivity contribution in [2.45, 2.75) is 26.1 Å². The van der Waals surface area contributed by atoms with Gasteiger partial charge in [0.2, 0.25) is 5.82 Å². The summed E-state index contributed by atoms with van der Waals surface area (Å²) in [5, 5.41) is 6.66. The van der Waals surface area contributed by atoms with Crippen LogP contribution in [0.5, 0.6) is 5.75 Å². The molecule has 152 valence electrons. The standard InChI is InChI=1S/C20H16F5N3O/c1-4-16(12(2)3)20(24,25)29-15-8-5-13(6-9-15)14-7-10-17-26-27-18(19(21,22)23)28(17)11-14/h4-11H,1H2,2-3H3. The highest BCUT2D eigenvalue weighted by Gasteiger charge is 2.37. The van der Waals surface area contributed by atoms with E-state index < -0.39 is 18.1 Å². The Labute approximate surface area is 162 Å². The molecule has 0 fully saturated rings. The van der Waals surface area contributed by atoms with Gasteiger partial charge in [0.15, 0.2) is 5.65 Å². The quantitative estimate of drug-likeness (QED) is 0.389. The Balaban J connectivity index is 1.91. The van der Waals surface area contributed by atoms with Gasteiger partial charge in [-0.2, -0.15) is 22.0 Å². The summed E-state index contributed by atoms with van der Waals surface area (Å²) in [4.78, 5) is 0. The van der Waals surface area contributed by atoms with Crippen molar-refractivity contribution < 1.29 is 26.7 Å². The summed E-state index contributed by atoms with van der Waals surface area (Å²) in [5.74, 6) is -1.24. The summed E-state index contributed by atoms with van der Waals surface area (Å²) in [6, 6.07) is 8.53. The van der Waals surface area contributed by atoms with E-state index >= 15 is 0 Å². The molecule has 3 rings (SSSR count). The SMILES string of the molecule is C=CC(=C(C)C)C(F)(F)Oc1ccc(-c2ccc3nnc(C(F)(F)F)n3c2)cc1. The maximum absolute atomic E-state index is 14.3. The number of fused-ring (bicyclic) bond motifs is 1. The Bertz CT molecular complexity index is 1080. The molecule has 1 aromatic carbocycles. The van der Waals surface area contributed by atoms with E-state index in [4.69, 9.17) is 4.74 Å². The number of benzene rings is 1. The summed E-state index contributed by atoms with van der Waals surface area (Å²) in [6.07, 6.45) is -5.95. The lowest BCUT2D eigenvalue weighted by atomic mass is 10.1. The zero-order valence-corrected chi connectivity index (χ0v) is 15.5. The molecule has 0 atom stereocenters. The molecule has 4 nitrogen and oxygen atoms in total. The molecule has 29 heavy (non-hydrogen) atoms. The van der Waals surface area contributed by atoms with E-state index in [1.165, 1.54) is 50.4 Å². The summed E-state index contributed by atoms with van der Waals surface area (Å²) < 4.78 is 73.2. The van der Waals surface area contributed by atoms with Crippen LogP contribution in [0.15, 0.2) is 66.4 Å². The summed E-state index contributed by atoms with van der Waals surface area (Å²) in [7, 11) is 0. The second-order valence-electron chi connectivity index (χ2n) is 6.43. The third-order valence-corrected chi connectivity index (χ3v) is 4.15. The second kappa shape index (κ2) is 7.31. The lowest BCUT2D eigenvalue weighted by Crippen LogP contribution is -2.27. The van der Waals surface area contributed by atoms with Gasteiger partial charge in [-0.05, 0) is 49.2 Å². The third-order valence-electron chi connectivity index (χ3n) is 4.15. The average molecular weight is 409 g/mol.